The Hall–Kier alpha value is -3.10. The summed E-state index contributed by atoms with van der Waals surface area (Å²) >= 11 is 7.41. The SMILES string of the molecule is Cc1ccc(NC(=O)CSc2nc3n[nH]c(C)c3c(=N)n2-c2cccc(Cl)c2)cc1. The van der Waals surface area contributed by atoms with Crippen molar-refractivity contribution in [2.45, 2.75) is 19.0 Å². The number of fused-ring (bicyclic) bond motifs is 1. The first-order valence-electron chi connectivity index (χ1n) is 9.20. The lowest BCUT2D eigenvalue weighted by molar-refractivity contribution is -0.113. The van der Waals surface area contributed by atoms with Crippen LogP contribution in [0.4, 0.5) is 5.69 Å². The second kappa shape index (κ2) is 8.33. The van der Waals surface area contributed by atoms with E-state index in [-0.39, 0.29) is 17.1 Å². The molecule has 0 aliphatic carbocycles. The molecule has 2 aromatic heterocycles. The van der Waals surface area contributed by atoms with E-state index in [9.17, 15) is 4.79 Å². The highest BCUT2D eigenvalue weighted by Crippen LogP contribution is 2.23. The first kappa shape index (κ1) is 20.2. The summed E-state index contributed by atoms with van der Waals surface area (Å²) in [4.78, 5) is 17.1. The summed E-state index contributed by atoms with van der Waals surface area (Å²) in [5, 5.41) is 20.3. The number of nitrogens with one attached hydrogen (secondary N) is 3. The lowest BCUT2D eigenvalue weighted by Gasteiger charge is -2.13. The van der Waals surface area contributed by atoms with Gasteiger partial charge in [-0.05, 0) is 44.2 Å². The predicted molar refractivity (Wildman–Crippen MR) is 119 cm³/mol. The first-order chi connectivity index (χ1) is 14.4. The van der Waals surface area contributed by atoms with Crippen molar-refractivity contribution in [1.82, 2.24) is 19.7 Å². The third-order valence-corrected chi connectivity index (χ3v) is 5.69. The first-order valence-corrected chi connectivity index (χ1v) is 10.6. The van der Waals surface area contributed by atoms with Crippen LogP contribution < -0.4 is 10.8 Å². The standard InChI is InChI=1S/C21H19ClN6OS/c1-12-6-8-15(9-7-12)24-17(29)11-30-21-25-20-18(13(2)26-27-20)19(23)28(21)16-5-3-4-14(22)10-16/h3-10,23H,11H2,1-2H3,(H,24,29)(H,26,27). The smallest absolute Gasteiger partial charge is 0.234 e. The van der Waals surface area contributed by atoms with Crippen LogP contribution in [0.1, 0.15) is 11.3 Å². The van der Waals surface area contributed by atoms with Gasteiger partial charge in [0.05, 0.1) is 16.8 Å². The van der Waals surface area contributed by atoms with Crippen molar-refractivity contribution < 1.29 is 4.79 Å². The molecule has 0 aliphatic rings. The topological polar surface area (TPSA) is 99.5 Å². The van der Waals surface area contributed by atoms with E-state index in [1.165, 1.54) is 11.8 Å². The van der Waals surface area contributed by atoms with Gasteiger partial charge < -0.3 is 5.32 Å². The largest absolute Gasteiger partial charge is 0.325 e. The number of hydrogen-bond acceptors (Lipinski definition) is 5. The minimum Gasteiger partial charge on any atom is -0.325 e. The van der Waals surface area contributed by atoms with Gasteiger partial charge in [-0.1, -0.05) is 47.1 Å². The average Bonchev–Trinajstić information content (AvgIpc) is 3.09. The summed E-state index contributed by atoms with van der Waals surface area (Å²) in [6.45, 7) is 3.84. The molecule has 0 spiro atoms. The summed E-state index contributed by atoms with van der Waals surface area (Å²) in [7, 11) is 0. The van der Waals surface area contributed by atoms with Crippen LogP contribution in [0.5, 0.6) is 0 Å². The zero-order valence-corrected chi connectivity index (χ0v) is 17.9. The molecule has 0 aliphatic heterocycles. The van der Waals surface area contributed by atoms with Gasteiger partial charge in [-0.15, -0.1) is 0 Å². The number of rotatable bonds is 5. The number of aryl methyl sites for hydroxylation is 2. The number of benzene rings is 2. The predicted octanol–water partition coefficient (Wildman–Crippen LogP) is 4.23. The summed E-state index contributed by atoms with van der Waals surface area (Å²) < 4.78 is 1.68. The molecule has 0 saturated carbocycles. The summed E-state index contributed by atoms with van der Waals surface area (Å²) in [6.07, 6.45) is 0. The number of thioether (sulfide) groups is 1. The molecule has 0 bridgehead atoms. The van der Waals surface area contributed by atoms with Crippen molar-refractivity contribution in [3.63, 3.8) is 0 Å². The van der Waals surface area contributed by atoms with E-state index in [0.29, 0.717) is 26.9 Å². The number of H-pyrrole nitrogens is 1. The van der Waals surface area contributed by atoms with Gasteiger partial charge in [-0.3, -0.25) is 19.9 Å². The molecule has 0 saturated heterocycles. The van der Waals surface area contributed by atoms with Gasteiger partial charge in [0.1, 0.15) is 5.49 Å². The number of anilines is 1. The monoisotopic (exact) mass is 438 g/mol. The van der Waals surface area contributed by atoms with Crippen molar-refractivity contribution in [2.24, 2.45) is 0 Å². The zero-order valence-electron chi connectivity index (χ0n) is 16.4. The van der Waals surface area contributed by atoms with Crippen molar-refractivity contribution >= 4 is 46.0 Å². The van der Waals surface area contributed by atoms with E-state index in [1.54, 1.807) is 16.7 Å². The molecule has 30 heavy (non-hydrogen) atoms. The molecule has 0 fully saturated rings. The Morgan fingerprint density at radius 1 is 1.23 bits per heavy atom. The zero-order chi connectivity index (χ0) is 21.3. The molecule has 9 heteroatoms. The maximum Gasteiger partial charge on any atom is 0.234 e. The maximum absolute atomic E-state index is 12.5. The van der Waals surface area contributed by atoms with E-state index in [4.69, 9.17) is 17.0 Å². The molecule has 1 amide bonds. The molecule has 152 valence electrons. The molecular formula is C21H19ClN6OS. The second-order valence-electron chi connectivity index (χ2n) is 6.81. The van der Waals surface area contributed by atoms with Crippen LogP contribution in [-0.2, 0) is 4.79 Å². The van der Waals surface area contributed by atoms with Crippen LogP contribution >= 0.6 is 23.4 Å². The van der Waals surface area contributed by atoms with Crippen LogP contribution in [0.15, 0.2) is 53.7 Å². The van der Waals surface area contributed by atoms with Crippen LogP contribution in [0.25, 0.3) is 16.7 Å². The molecule has 0 unspecified atom stereocenters. The fourth-order valence-corrected chi connectivity index (χ4v) is 4.04. The van der Waals surface area contributed by atoms with Crippen molar-refractivity contribution in [3.05, 3.63) is 70.3 Å². The Morgan fingerprint density at radius 2 is 2.00 bits per heavy atom. The fourth-order valence-electron chi connectivity index (χ4n) is 3.04. The van der Waals surface area contributed by atoms with Gasteiger partial charge in [0, 0.05) is 16.4 Å². The Labute approximate surface area is 182 Å². The number of amides is 1. The number of carbonyl (C=O) groups is 1. The van der Waals surface area contributed by atoms with Gasteiger partial charge in [-0.25, -0.2) is 4.98 Å². The minimum absolute atomic E-state index is 0.135. The van der Waals surface area contributed by atoms with Crippen molar-refractivity contribution in [1.29, 1.82) is 5.41 Å². The average molecular weight is 439 g/mol. The molecular weight excluding hydrogens is 420 g/mol. The van der Waals surface area contributed by atoms with Crippen molar-refractivity contribution in [3.8, 4) is 5.69 Å². The molecule has 4 aromatic rings. The van der Waals surface area contributed by atoms with Gasteiger partial charge >= 0.3 is 0 Å². The molecule has 3 N–H and O–H groups in total. The van der Waals surface area contributed by atoms with Crippen LogP contribution in [0.2, 0.25) is 5.02 Å². The van der Waals surface area contributed by atoms with Crippen LogP contribution in [0, 0.1) is 19.3 Å². The molecule has 2 heterocycles. The highest BCUT2D eigenvalue weighted by Gasteiger charge is 2.16. The van der Waals surface area contributed by atoms with Gasteiger partial charge in [0.25, 0.3) is 0 Å². The number of halogens is 1. The molecule has 2 aromatic carbocycles. The summed E-state index contributed by atoms with van der Waals surface area (Å²) in [5.41, 5.74) is 3.99. The fraction of sp³-hybridized carbons (Fsp3) is 0.143. The van der Waals surface area contributed by atoms with E-state index >= 15 is 0 Å². The Morgan fingerprint density at radius 3 is 2.73 bits per heavy atom. The molecule has 0 radical (unpaired) electrons. The third kappa shape index (κ3) is 4.10. The molecule has 0 atom stereocenters. The Balaban J connectivity index is 1.67. The van der Waals surface area contributed by atoms with Gasteiger partial charge in [0.2, 0.25) is 5.91 Å². The molecule has 7 nitrogen and oxygen atoms in total. The van der Waals surface area contributed by atoms with Gasteiger partial charge in [0.15, 0.2) is 10.8 Å². The number of aromatic nitrogens is 4. The number of aromatic amines is 1. The lowest BCUT2D eigenvalue weighted by atomic mass is 10.2. The Kier molecular flexibility index (Phi) is 5.61. The Bertz CT molecular complexity index is 1300. The highest BCUT2D eigenvalue weighted by molar-refractivity contribution is 7.99. The second-order valence-corrected chi connectivity index (χ2v) is 8.19. The number of carbonyl (C=O) groups excluding carboxylic acids is 1. The minimum atomic E-state index is -0.159. The van der Waals surface area contributed by atoms with Crippen LogP contribution in [-0.4, -0.2) is 31.4 Å². The number of hydrogen-bond donors (Lipinski definition) is 3. The summed E-state index contributed by atoms with van der Waals surface area (Å²) in [6, 6.07) is 14.8. The highest BCUT2D eigenvalue weighted by atomic mass is 35.5. The van der Waals surface area contributed by atoms with Crippen molar-refractivity contribution in [2.75, 3.05) is 11.1 Å². The van der Waals surface area contributed by atoms with E-state index in [0.717, 1.165) is 16.9 Å². The van der Waals surface area contributed by atoms with E-state index in [1.807, 2.05) is 50.2 Å². The van der Waals surface area contributed by atoms with Crippen LogP contribution in [0.3, 0.4) is 0 Å². The number of nitrogens with zero attached hydrogens (tertiary/aromatic N) is 3. The maximum atomic E-state index is 12.5. The quantitative estimate of drug-likeness (QED) is 0.320. The van der Waals surface area contributed by atoms with E-state index in [2.05, 4.69) is 20.5 Å². The third-order valence-electron chi connectivity index (χ3n) is 4.52. The summed E-state index contributed by atoms with van der Waals surface area (Å²) in [5.74, 6) is -0.0244. The molecule has 4 rings (SSSR count). The van der Waals surface area contributed by atoms with E-state index < -0.39 is 0 Å². The normalized spacial score (nSPS) is 11.0. The van der Waals surface area contributed by atoms with Gasteiger partial charge in [-0.2, -0.15) is 5.10 Å². The lowest BCUT2D eigenvalue weighted by Crippen LogP contribution is -2.23.